The van der Waals surface area contributed by atoms with Crippen LogP contribution in [0, 0.1) is 23.3 Å². The quantitative estimate of drug-likeness (QED) is 0.302. The summed E-state index contributed by atoms with van der Waals surface area (Å²) in [5, 5.41) is 16.8. The molecule has 0 spiro atoms. The van der Waals surface area contributed by atoms with Crippen LogP contribution in [0.2, 0.25) is 0 Å². The average molecular weight is 262 g/mol. The molecule has 0 saturated heterocycles. The maximum atomic E-state index is 12.9. The van der Waals surface area contributed by atoms with Crippen molar-refractivity contribution in [3.05, 3.63) is 34.4 Å². The summed E-state index contributed by atoms with van der Waals surface area (Å²) in [5.74, 6) is -13.7. The van der Waals surface area contributed by atoms with Gasteiger partial charge in [-0.25, -0.2) is 27.2 Å². The first-order chi connectivity index (χ1) is 7.29. The number of aromatic carboxylic acids is 2. The molecule has 88 valence electrons. The van der Waals surface area contributed by atoms with Crippen LogP contribution in [0.15, 0.2) is 0 Å². The van der Waals surface area contributed by atoms with Crippen LogP contribution in [0.1, 0.15) is 22.1 Å². The second kappa shape index (κ2) is 5.48. The van der Waals surface area contributed by atoms with Crippen LogP contribution in [0.25, 0.3) is 0 Å². The number of carbonyl (C=O) groups is 2. The number of carboxylic acid groups (broad SMARTS) is 2. The molecule has 0 aromatic heterocycles. The molecule has 0 amide bonds. The van der Waals surface area contributed by atoms with E-state index in [1.54, 1.807) is 0 Å². The van der Waals surface area contributed by atoms with Crippen molar-refractivity contribution in [2.75, 3.05) is 0 Å². The summed E-state index contributed by atoms with van der Waals surface area (Å²) in [6, 6.07) is 0. The van der Waals surface area contributed by atoms with Gasteiger partial charge in [0, 0.05) is 0 Å². The Morgan fingerprint density at radius 1 is 0.765 bits per heavy atom. The van der Waals surface area contributed by atoms with Gasteiger partial charge in [-0.1, -0.05) is 0 Å². The molecule has 0 bridgehead atoms. The van der Waals surface area contributed by atoms with Crippen molar-refractivity contribution in [2.24, 2.45) is 0 Å². The Hall–Kier alpha value is -1.12. The van der Waals surface area contributed by atoms with Crippen LogP contribution in [0.4, 0.5) is 17.6 Å². The molecule has 2 N–H and O–H groups in total. The van der Waals surface area contributed by atoms with Gasteiger partial charge in [0.2, 0.25) is 0 Å². The Bertz CT molecular complexity index is 464. The van der Waals surface area contributed by atoms with Crippen molar-refractivity contribution >= 4 is 11.9 Å². The van der Waals surface area contributed by atoms with Crippen LogP contribution >= 0.6 is 0 Å². The van der Waals surface area contributed by atoms with Gasteiger partial charge in [0.25, 0.3) is 0 Å². The minimum atomic E-state index is -2.38. The van der Waals surface area contributed by atoms with Crippen molar-refractivity contribution in [1.29, 1.82) is 0 Å². The monoisotopic (exact) mass is 262 g/mol. The Labute approximate surface area is 115 Å². The zero-order chi connectivity index (χ0) is 12.6. The van der Waals surface area contributed by atoms with E-state index in [9.17, 15) is 27.2 Å². The third-order valence-corrected chi connectivity index (χ3v) is 1.69. The van der Waals surface area contributed by atoms with Gasteiger partial charge in [0.1, 0.15) is 11.1 Å². The maximum absolute atomic E-state index is 12.9. The number of halogens is 4. The minimum Gasteiger partial charge on any atom is -1.00 e. The molecule has 1 aromatic carbocycles. The van der Waals surface area contributed by atoms with E-state index in [0.29, 0.717) is 0 Å². The molecule has 0 radical (unpaired) electrons. The molecular formula is C8H3F4NaO4. The SMILES string of the molecule is O=C(O)c1c(F)c(F)c(F)c(F)c1C(=O)O.[H-].[Na+]. The smallest absolute Gasteiger partial charge is 1.00 e. The summed E-state index contributed by atoms with van der Waals surface area (Å²) >= 11 is 0. The van der Waals surface area contributed by atoms with Gasteiger partial charge >= 0.3 is 41.5 Å². The minimum absolute atomic E-state index is 0. The maximum Gasteiger partial charge on any atom is 1.00 e. The fourth-order valence-electron chi connectivity index (χ4n) is 1.03. The van der Waals surface area contributed by atoms with Gasteiger partial charge in [-0.05, 0) is 0 Å². The van der Waals surface area contributed by atoms with Crippen molar-refractivity contribution < 1.29 is 68.3 Å². The first kappa shape index (κ1) is 15.9. The van der Waals surface area contributed by atoms with Crippen LogP contribution in [-0.2, 0) is 0 Å². The molecule has 9 heteroatoms. The zero-order valence-corrected chi connectivity index (χ0v) is 10.2. The normalized spacial score (nSPS) is 9.65. The molecule has 0 aliphatic rings. The predicted molar refractivity (Wildman–Crippen MR) is 41.3 cm³/mol. The molecule has 4 nitrogen and oxygen atoms in total. The van der Waals surface area contributed by atoms with E-state index >= 15 is 0 Å². The number of benzene rings is 1. The standard InChI is InChI=1S/C8H2F4O4.Na.H/c9-3-1(7(13)14)2(8(15)16)4(10)6(12)5(3)11;;/h(H,13,14)(H,15,16);;/q;+1;-1. The Balaban J connectivity index is 0. The second-order valence-electron chi connectivity index (χ2n) is 2.62. The first-order valence-corrected chi connectivity index (χ1v) is 3.61. The molecule has 0 heterocycles. The summed E-state index contributed by atoms with van der Waals surface area (Å²) in [5.41, 5.74) is -3.52. The van der Waals surface area contributed by atoms with Gasteiger partial charge < -0.3 is 11.6 Å². The van der Waals surface area contributed by atoms with Gasteiger partial charge in [-0.15, -0.1) is 0 Å². The van der Waals surface area contributed by atoms with Gasteiger partial charge in [-0.2, -0.15) is 0 Å². The number of hydrogen-bond acceptors (Lipinski definition) is 2. The summed E-state index contributed by atoms with van der Waals surface area (Å²) in [6.07, 6.45) is 0. The molecule has 0 aliphatic heterocycles. The van der Waals surface area contributed by atoms with E-state index in [0.717, 1.165) is 0 Å². The van der Waals surface area contributed by atoms with Crippen molar-refractivity contribution in [3.8, 4) is 0 Å². The number of hydrogen-bond donors (Lipinski definition) is 2. The summed E-state index contributed by atoms with van der Waals surface area (Å²) < 4.78 is 51.0. The van der Waals surface area contributed by atoms with Crippen LogP contribution in [0.5, 0.6) is 0 Å². The van der Waals surface area contributed by atoms with Crippen molar-refractivity contribution in [2.45, 2.75) is 0 Å². The third kappa shape index (κ3) is 2.59. The fraction of sp³-hybridized carbons (Fsp3) is 0. The van der Waals surface area contributed by atoms with Crippen LogP contribution in [0.3, 0.4) is 0 Å². The molecule has 0 saturated carbocycles. The Morgan fingerprint density at radius 3 is 1.18 bits per heavy atom. The third-order valence-electron chi connectivity index (χ3n) is 1.69. The largest absolute Gasteiger partial charge is 1.00 e. The summed E-state index contributed by atoms with van der Waals surface area (Å²) in [6.45, 7) is 0. The van der Waals surface area contributed by atoms with E-state index in [4.69, 9.17) is 10.2 Å². The summed E-state index contributed by atoms with van der Waals surface area (Å²) in [7, 11) is 0. The van der Waals surface area contributed by atoms with Crippen LogP contribution in [-0.4, -0.2) is 22.2 Å². The van der Waals surface area contributed by atoms with Gasteiger partial charge in [0.05, 0.1) is 0 Å². The van der Waals surface area contributed by atoms with Gasteiger partial charge in [-0.3, -0.25) is 0 Å². The van der Waals surface area contributed by atoms with Gasteiger partial charge in [0.15, 0.2) is 23.3 Å². The summed E-state index contributed by atoms with van der Waals surface area (Å²) in [4.78, 5) is 20.8. The Kier molecular flexibility index (Phi) is 5.12. The first-order valence-electron chi connectivity index (χ1n) is 3.61. The predicted octanol–water partition coefficient (Wildman–Crippen LogP) is -1.24. The topological polar surface area (TPSA) is 74.6 Å². The van der Waals surface area contributed by atoms with Crippen molar-refractivity contribution in [1.82, 2.24) is 0 Å². The average Bonchev–Trinajstić information content (AvgIpc) is 2.18. The molecular weight excluding hydrogens is 259 g/mol. The zero-order valence-electron chi connectivity index (χ0n) is 9.22. The fourth-order valence-corrected chi connectivity index (χ4v) is 1.03. The molecule has 17 heavy (non-hydrogen) atoms. The van der Waals surface area contributed by atoms with E-state index in [2.05, 4.69) is 0 Å². The Morgan fingerprint density at radius 2 is 1.00 bits per heavy atom. The molecule has 1 rings (SSSR count). The molecule has 0 aliphatic carbocycles. The van der Waals surface area contributed by atoms with E-state index in [-0.39, 0.29) is 31.0 Å². The van der Waals surface area contributed by atoms with E-state index in [1.807, 2.05) is 0 Å². The van der Waals surface area contributed by atoms with Crippen LogP contribution < -0.4 is 29.6 Å². The number of carboxylic acids is 2. The molecule has 0 atom stereocenters. The second-order valence-corrected chi connectivity index (χ2v) is 2.62. The molecule has 1 aromatic rings. The molecule has 0 unspecified atom stereocenters. The van der Waals surface area contributed by atoms with E-state index in [1.165, 1.54) is 0 Å². The van der Waals surface area contributed by atoms with Crippen molar-refractivity contribution in [3.63, 3.8) is 0 Å². The number of rotatable bonds is 2. The van der Waals surface area contributed by atoms with E-state index < -0.39 is 46.3 Å². The molecule has 0 fully saturated rings.